The van der Waals surface area contributed by atoms with E-state index in [2.05, 4.69) is 20.9 Å². The van der Waals surface area contributed by atoms with Crippen LogP contribution in [0.15, 0.2) is 10.8 Å². The highest BCUT2D eigenvalue weighted by Gasteiger charge is 2.28. The van der Waals surface area contributed by atoms with Crippen LogP contribution >= 0.6 is 28.3 Å². The Balaban J connectivity index is 0.000000980. The first-order valence-electron chi connectivity index (χ1n) is 4.14. The first-order valence-corrected chi connectivity index (χ1v) is 4.93. The molecule has 1 aliphatic rings. The topological polar surface area (TPSA) is 55.1 Å². The fourth-order valence-electron chi connectivity index (χ4n) is 1.68. The van der Waals surface area contributed by atoms with Crippen molar-refractivity contribution < 1.29 is 9.90 Å². The number of nitrogens with zero attached hydrogens (tertiary/aromatic N) is 2. The van der Waals surface area contributed by atoms with Crippen LogP contribution in [0, 0.1) is 0 Å². The molecule has 78 valence electrons. The number of carboxylic acid groups (broad SMARTS) is 1. The monoisotopic (exact) mass is 280 g/mol. The molecule has 6 heteroatoms. The first kappa shape index (κ1) is 11.5. The van der Waals surface area contributed by atoms with Crippen LogP contribution in [0.25, 0.3) is 0 Å². The molecule has 0 radical (unpaired) electrons. The van der Waals surface area contributed by atoms with E-state index in [-0.39, 0.29) is 12.4 Å². The van der Waals surface area contributed by atoms with Gasteiger partial charge in [0.2, 0.25) is 0 Å². The molecule has 0 spiro atoms. The van der Waals surface area contributed by atoms with E-state index in [4.69, 9.17) is 5.11 Å². The highest BCUT2D eigenvalue weighted by molar-refractivity contribution is 9.10. The average molecular weight is 282 g/mol. The first-order chi connectivity index (χ1) is 6.20. The molecular weight excluding hydrogens is 271 g/mol. The molecule has 2 rings (SSSR count). The second-order valence-corrected chi connectivity index (χ2v) is 3.94. The number of carbonyl (C=O) groups is 1. The molecule has 0 aromatic carbocycles. The van der Waals surface area contributed by atoms with Crippen LogP contribution in [0.4, 0.5) is 0 Å². The fourth-order valence-corrected chi connectivity index (χ4v) is 2.15. The van der Waals surface area contributed by atoms with Gasteiger partial charge in [-0.15, -0.1) is 12.4 Å². The van der Waals surface area contributed by atoms with Crippen LogP contribution in [0.5, 0.6) is 0 Å². The minimum atomic E-state index is -0.779. The Bertz CT molecular complexity index is 353. The summed E-state index contributed by atoms with van der Waals surface area (Å²) in [7, 11) is 0. The van der Waals surface area contributed by atoms with E-state index in [1.807, 2.05) is 4.57 Å². The Morgan fingerprint density at radius 1 is 1.71 bits per heavy atom. The lowest BCUT2D eigenvalue weighted by molar-refractivity contribution is -0.139. The van der Waals surface area contributed by atoms with Gasteiger partial charge in [-0.05, 0) is 28.8 Å². The number of carboxylic acids is 1. The van der Waals surface area contributed by atoms with Crippen molar-refractivity contribution in [1.82, 2.24) is 9.55 Å². The van der Waals surface area contributed by atoms with E-state index in [9.17, 15) is 4.79 Å². The number of imidazole rings is 1. The number of rotatable bonds is 1. The number of hydrogen-bond acceptors (Lipinski definition) is 2. The van der Waals surface area contributed by atoms with Crippen LogP contribution in [0.3, 0.4) is 0 Å². The maximum atomic E-state index is 10.9. The Morgan fingerprint density at radius 2 is 2.43 bits per heavy atom. The van der Waals surface area contributed by atoms with E-state index in [0.29, 0.717) is 12.2 Å². The van der Waals surface area contributed by atoms with Crippen molar-refractivity contribution in [2.45, 2.75) is 25.3 Å². The smallest absolute Gasteiger partial charge is 0.314 e. The summed E-state index contributed by atoms with van der Waals surface area (Å²) in [4.78, 5) is 15.0. The summed E-state index contributed by atoms with van der Waals surface area (Å²) >= 11 is 3.34. The number of aromatic nitrogens is 2. The molecule has 1 N–H and O–H groups in total. The predicted octanol–water partition coefficient (Wildman–Crippen LogP) is 2.03. The van der Waals surface area contributed by atoms with Gasteiger partial charge < -0.3 is 9.67 Å². The molecule has 4 nitrogen and oxygen atoms in total. The minimum absolute atomic E-state index is 0. The van der Waals surface area contributed by atoms with Gasteiger partial charge in [0.25, 0.3) is 0 Å². The second-order valence-electron chi connectivity index (χ2n) is 3.12. The zero-order valence-corrected chi connectivity index (χ0v) is 9.71. The summed E-state index contributed by atoms with van der Waals surface area (Å²) in [5.74, 6) is -0.537. The van der Waals surface area contributed by atoms with Crippen molar-refractivity contribution in [3.05, 3.63) is 16.6 Å². The zero-order valence-electron chi connectivity index (χ0n) is 7.31. The standard InChI is InChI=1S/C8H9BrN2O2.ClH/c9-6-4-10-7-5(8(12)13)2-1-3-11(6)7;/h4-5H,1-3H2,(H,12,13);1H. The summed E-state index contributed by atoms with van der Waals surface area (Å²) in [6.07, 6.45) is 3.26. The summed E-state index contributed by atoms with van der Waals surface area (Å²) in [6, 6.07) is 0. The highest BCUT2D eigenvalue weighted by atomic mass is 79.9. The van der Waals surface area contributed by atoms with Gasteiger partial charge in [0.1, 0.15) is 16.3 Å². The molecule has 0 aliphatic carbocycles. The van der Waals surface area contributed by atoms with E-state index in [0.717, 1.165) is 17.6 Å². The lowest BCUT2D eigenvalue weighted by Crippen LogP contribution is -2.22. The Hall–Kier alpha value is -0.550. The molecule has 0 bridgehead atoms. The Labute approximate surface area is 95.9 Å². The second kappa shape index (κ2) is 4.31. The maximum Gasteiger partial charge on any atom is 0.314 e. The molecule has 2 heterocycles. The molecule has 0 amide bonds. The fraction of sp³-hybridized carbons (Fsp3) is 0.500. The third-order valence-corrected chi connectivity index (χ3v) is 2.95. The van der Waals surface area contributed by atoms with Gasteiger partial charge in [-0.3, -0.25) is 4.79 Å². The van der Waals surface area contributed by atoms with Gasteiger partial charge in [-0.25, -0.2) is 4.98 Å². The normalized spacial score (nSPS) is 19.6. The summed E-state index contributed by atoms with van der Waals surface area (Å²) in [5, 5.41) is 8.93. The minimum Gasteiger partial charge on any atom is -0.481 e. The van der Waals surface area contributed by atoms with Crippen LogP contribution < -0.4 is 0 Å². The van der Waals surface area contributed by atoms with Crippen molar-refractivity contribution in [3.8, 4) is 0 Å². The van der Waals surface area contributed by atoms with E-state index >= 15 is 0 Å². The van der Waals surface area contributed by atoms with Crippen molar-refractivity contribution in [2.24, 2.45) is 0 Å². The van der Waals surface area contributed by atoms with Gasteiger partial charge in [0.15, 0.2) is 0 Å². The highest BCUT2D eigenvalue weighted by Crippen LogP contribution is 2.29. The van der Waals surface area contributed by atoms with E-state index in [1.54, 1.807) is 6.20 Å². The van der Waals surface area contributed by atoms with Crippen molar-refractivity contribution in [2.75, 3.05) is 0 Å². The SMILES string of the molecule is Cl.O=C(O)C1CCCn2c(Br)cnc21. The average Bonchev–Trinajstić information content (AvgIpc) is 2.48. The summed E-state index contributed by atoms with van der Waals surface area (Å²) < 4.78 is 2.79. The molecule has 1 aromatic rings. The Morgan fingerprint density at radius 3 is 3.07 bits per heavy atom. The molecule has 1 unspecified atom stereocenters. The molecule has 14 heavy (non-hydrogen) atoms. The van der Waals surface area contributed by atoms with Crippen LogP contribution in [0.1, 0.15) is 24.6 Å². The summed E-state index contributed by atoms with van der Waals surface area (Å²) in [6.45, 7) is 0.861. The molecule has 0 saturated carbocycles. The molecule has 1 atom stereocenters. The van der Waals surface area contributed by atoms with Crippen LogP contribution in [0.2, 0.25) is 0 Å². The molecule has 1 aromatic heterocycles. The number of halogens is 2. The van der Waals surface area contributed by atoms with E-state index in [1.165, 1.54) is 0 Å². The van der Waals surface area contributed by atoms with Crippen molar-refractivity contribution in [1.29, 1.82) is 0 Å². The number of hydrogen-bond donors (Lipinski definition) is 1. The zero-order chi connectivity index (χ0) is 9.42. The molecule has 0 fully saturated rings. The third-order valence-electron chi connectivity index (χ3n) is 2.32. The number of fused-ring (bicyclic) bond motifs is 1. The summed E-state index contributed by atoms with van der Waals surface area (Å²) in [5.41, 5.74) is 0. The van der Waals surface area contributed by atoms with Gasteiger partial charge in [-0.1, -0.05) is 0 Å². The third kappa shape index (κ3) is 1.79. The van der Waals surface area contributed by atoms with Crippen LogP contribution in [-0.4, -0.2) is 20.6 Å². The molecular formula is C8H10BrClN2O2. The van der Waals surface area contributed by atoms with Gasteiger partial charge in [-0.2, -0.15) is 0 Å². The molecule has 0 saturated heterocycles. The molecule has 1 aliphatic heterocycles. The van der Waals surface area contributed by atoms with Crippen molar-refractivity contribution >= 4 is 34.3 Å². The number of aliphatic carboxylic acids is 1. The predicted molar refractivity (Wildman–Crippen MR) is 56.8 cm³/mol. The van der Waals surface area contributed by atoms with Crippen molar-refractivity contribution in [3.63, 3.8) is 0 Å². The lowest BCUT2D eigenvalue weighted by Gasteiger charge is -2.20. The van der Waals surface area contributed by atoms with Gasteiger partial charge >= 0.3 is 5.97 Å². The maximum absolute atomic E-state index is 10.9. The largest absolute Gasteiger partial charge is 0.481 e. The van der Waals surface area contributed by atoms with Gasteiger partial charge in [0.05, 0.1) is 6.20 Å². The Kier molecular flexibility index (Phi) is 3.55. The quantitative estimate of drug-likeness (QED) is 0.857. The lowest BCUT2D eigenvalue weighted by atomic mass is 9.99. The van der Waals surface area contributed by atoms with Crippen LogP contribution in [-0.2, 0) is 11.3 Å². The van der Waals surface area contributed by atoms with Gasteiger partial charge in [0, 0.05) is 6.54 Å². The van der Waals surface area contributed by atoms with E-state index < -0.39 is 11.9 Å².